The summed E-state index contributed by atoms with van der Waals surface area (Å²) in [7, 11) is 0. The first kappa shape index (κ1) is 17.9. The molecule has 1 atom stereocenters. The highest BCUT2D eigenvalue weighted by Gasteiger charge is 2.23. The first-order chi connectivity index (χ1) is 12.7. The van der Waals surface area contributed by atoms with Gasteiger partial charge < -0.3 is 9.32 Å². The fraction of sp³-hybridized carbons (Fsp3) is 0.400. The van der Waals surface area contributed by atoms with E-state index < -0.39 is 5.92 Å². The van der Waals surface area contributed by atoms with Crippen LogP contribution in [0.15, 0.2) is 34.7 Å². The Morgan fingerprint density at radius 3 is 2.50 bits per heavy atom. The van der Waals surface area contributed by atoms with E-state index in [4.69, 9.17) is 4.42 Å². The van der Waals surface area contributed by atoms with Crippen LogP contribution in [0.3, 0.4) is 0 Å². The van der Waals surface area contributed by atoms with E-state index in [9.17, 15) is 5.26 Å². The minimum Gasteiger partial charge on any atom is -0.439 e. The Morgan fingerprint density at radius 2 is 1.85 bits per heavy atom. The topological polar surface area (TPSA) is 78.8 Å². The molecule has 0 saturated heterocycles. The molecule has 0 spiro atoms. The molecule has 0 N–H and O–H groups in total. The van der Waals surface area contributed by atoms with Crippen LogP contribution in [0.1, 0.15) is 49.9 Å². The van der Waals surface area contributed by atoms with Crippen molar-refractivity contribution < 1.29 is 4.42 Å². The van der Waals surface area contributed by atoms with Gasteiger partial charge in [-0.1, -0.05) is 26.0 Å². The predicted molar refractivity (Wildman–Crippen MR) is 101 cm³/mol. The molecule has 0 fully saturated rings. The van der Waals surface area contributed by atoms with Crippen LogP contribution in [-0.2, 0) is 0 Å². The van der Waals surface area contributed by atoms with E-state index in [0.717, 1.165) is 37.1 Å². The highest BCUT2D eigenvalue weighted by molar-refractivity contribution is 5.72. The Hall–Kier alpha value is -2.94. The summed E-state index contributed by atoms with van der Waals surface area (Å²) >= 11 is 0. The van der Waals surface area contributed by atoms with Gasteiger partial charge in [0.15, 0.2) is 11.5 Å². The van der Waals surface area contributed by atoms with Gasteiger partial charge in [-0.3, -0.25) is 0 Å². The molecule has 2 heterocycles. The minimum atomic E-state index is -0.659. The summed E-state index contributed by atoms with van der Waals surface area (Å²) in [6, 6.07) is 11.6. The molecule has 0 amide bonds. The van der Waals surface area contributed by atoms with Crippen molar-refractivity contribution in [2.24, 2.45) is 0 Å². The Morgan fingerprint density at radius 1 is 1.12 bits per heavy atom. The number of anilines is 1. The van der Waals surface area contributed by atoms with Gasteiger partial charge in [0.2, 0.25) is 11.8 Å². The lowest BCUT2D eigenvalue weighted by Crippen LogP contribution is -2.27. The molecule has 3 aromatic rings. The molecular formula is C20H23N5O. The van der Waals surface area contributed by atoms with Gasteiger partial charge in [0.05, 0.1) is 11.8 Å². The normalized spacial score (nSPS) is 12.1. The van der Waals surface area contributed by atoms with Crippen molar-refractivity contribution in [3.63, 3.8) is 0 Å². The second-order valence-electron chi connectivity index (χ2n) is 6.30. The number of para-hydroxylation sites is 2. The highest BCUT2D eigenvalue weighted by atomic mass is 16.3. The lowest BCUT2D eigenvalue weighted by Gasteiger charge is -2.22. The van der Waals surface area contributed by atoms with Gasteiger partial charge in [0.1, 0.15) is 5.52 Å². The second kappa shape index (κ2) is 7.96. The van der Waals surface area contributed by atoms with E-state index in [-0.39, 0.29) is 0 Å². The van der Waals surface area contributed by atoms with Crippen molar-refractivity contribution in [3.8, 4) is 6.07 Å². The summed E-state index contributed by atoms with van der Waals surface area (Å²) in [5, 5.41) is 9.76. The molecule has 134 valence electrons. The lowest BCUT2D eigenvalue weighted by atomic mass is 10.1. The number of benzene rings is 1. The number of nitrogens with zero attached hydrogens (tertiary/aromatic N) is 5. The Labute approximate surface area is 153 Å². The third-order valence-electron chi connectivity index (χ3n) is 4.11. The zero-order valence-corrected chi connectivity index (χ0v) is 15.4. The third kappa shape index (κ3) is 3.67. The average Bonchev–Trinajstić information content (AvgIpc) is 3.05. The lowest BCUT2D eigenvalue weighted by molar-refractivity contribution is 0.525. The van der Waals surface area contributed by atoms with Crippen LogP contribution in [0.5, 0.6) is 0 Å². The number of oxazole rings is 1. The maximum atomic E-state index is 9.76. The van der Waals surface area contributed by atoms with Gasteiger partial charge in [-0.15, -0.1) is 0 Å². The number of hydrogen-bond donors (Lipinski definition) is 0. The number of aryl methyl sites for hydroxylation is 1. The van der Waals surface area contributed by atoms with Gasteiger partial charge in [0.25, 0.3) is 0 Å². The maximum Gasteiger partial charge on any atom is 0.225 e. The molecule has 2 aromatic heterocycles. The summed E-state index contributed by atoms with van der Waals surface area (Å²) in [5.74, 6) is 0.378. The predicted octanol–water partition coefficient (Wildman–Crippen LogP) is 4.21. The summed E-state index contributed by atoms with van der Waals surface area (Å²) < 4.78 is 5.80. The first-order valence-corrected chi connectivity index (χ1v) is 9.01. The van der Waals surface area contributed by atoms with Crippen LogP contribution in [-0.4, -0.2) is 28.0 Å². The monoisotopic (exact) mass is 349 g/mol. The van der Waals surface area contributed by atoms with Gasteiger partial charge >= 0.3 is 0 Å². The maximum absolute atomic E-state index is 9.76. The fourth-order valence-corrected chi connectivity index (χ4v) is 2.98. The number of nitriles is 1. The van der Waals surface area contributed by atoms with Gasteiger partial charge in [-0.25, -0.2) is 15.0 Å². The van der Waals surface area contributed by atoms with Crippen LogP contribution in [0.2, 0.25) is 0 Å². The third-order valence-corrected chi connectivity index (χ3v) is 4.11. The number of rotatable bonds is 7. The number of aromatic nitrogens is 3. The quantitative estimate of drug-likeness (QED) is 0.636. The van der Waals surface area contributed by atoms with Crippen molar-refractivity contribution in [3.05, 3.63) is 47.6 Å². The van der Waals surface area contributed by atoms with Gasteiger partial charge in [-0.2, -0.15) is 5.26 Å². The molecule has 0 saturated carbocycles. The van der Waals surface area contributed by atoms with Crippen molar-refractivity contribution in [1.29, 1.82) is 5.26 Å². The molecule has 3 rings (SSSR count). The highest BCUT2D eigenvalue weighted by Crippen LogP contribution is 2.27. The van der Waals surface area contributed by atoms with E-state index in [1.165, 1.54) is 0 Å². The van der Waals surface area contributed by atoms with Crippen LogP contribution < -0.4 is 4.90 Å². The zero-order chi connectivity index (χ0) is 18.5. The van der Waals surface area contributed by atoms with Gasteiger partial charge in [0, 0.05) is 18.8 Å². The fourth-order valence-electron chi connectivity index (χ4n) is 2.98. The van der Waals surface area contributed by atoms with Gasteiger partial charge in [-0.05, 0) is 38.0 Å². The van der Waals surface area contributed by atoms with Crippen molar-refractivity contribution >= 4 is 17.0 Å². The molecule has 0 aliphatic heterocycles. The van der Waals surface area contributed by atoms with Crippen molar-refractivity contribution in [2.45, 2.75) is 39.5 Å². The zero-order valence-electron chi connectivity index (χ0n) is 15.4. The van der Waals surface area contributed by atoms with Crippen LogP contribution in [0.4, 0.5) is 5.95 Å². The largest absolute Gasteiger partial charge is 0.439 e. The summed E-state index contributed by atoms with van der Waals surface area (Å²) in [6.45, 7) is 7.96. The minimum absolute atomic E-state index is 0.371. The molecule has 1 aromatic carbocycles. The Bertz CT molecular complexity index is 888. The van der Waals surface area contributed by atoms with Crippen LogP contribution in [0, 0.1) is 18.3 Å². The molecule has 0 unspecified atom stereocenters. The number of hydrogen-bond acceptors (Lipinski definition) is 6. The molecule has 0 radical (unpaired) electrons. The average molecular weight is 349 g/mol. The molecule has 0 bridgehead atoms. The standard InChI is InChI=1S/C20H23N5O/c1-4-10-25(11-5-2)20-22-14(3)12-17(24-20)15(13-21)19-23-16-8-6-7-9-18(16)26-19/h6-9,12,15H,4-5,10-11H2,1-3H3/t15-/m1/s1. The summed E-state index contributed by atoms with van der Waals surface area (Å²) in [6.07, 6.45) is 2.03. The molecule has 0 aliphatic carbocycles. The molecule has 6 nitrogen and oxygen atoms in total. The molecule has 0 aliphatic rings. The Kier molecular flexibility index (Phi) is 5.47. The molecule has 26 heavy (non-hydrogen) atoms. The van der Waals surface area contributed by atoms with Crippen LogP contribution >= 0.6 is 0 Å². The second-order valence-corrected chi connectivity index (χ2v) is 6.30. The van der Waals surface area contributed by atoms with Crippen molar-refractivity contribution in [1.82, 2.24) is 15.0 Å². The van der Waals surface area contributed by atoms with Crippen LogP contribution in [0.25, 0.3) is 11.1 Å². The van der Waals surface area contributed by atoms with E-state index in [1.807, 2.05) is 37.3 Å². The Balaban J connectivity index is 2.01. The smallest absolute Gasteiger partial charge is 0.225 e. The summed E-state index contributed by atoms with van der Waals surface area (Å²) in [4.78, 5) is 15.9. The SMILES string of the molecule is CCCN(CCC)c1nc(C)cc([C@@H](C#N)c2nc3ccccc3o2)n1. The molecular weight excluding hydrogens is 326 g/mol. The van der Waals surface area contributed by atoms with E-state index in [0.29, 0.717) is 23.1 Å². The summed E-state index contributed by atoms with van der Waals surface area (Å²) in [5.41, 5.74) is 2.87. The number of fused-ring (bicyclic) bond motifs is 1. The van der Waals surface area contributed by atoms with E-state index in [2.05, 4.69) is 39.8 Å². The van der Waals surface area contributed by atoms with E-state index in [1.54, 1.807) is 0 Å². The molecule has 6 heteroatoms. The van der Waals surface area contributed by atoms with E-state index >= 15 is 0 Å². The first-order valence-electron chi connectivity index (χ1n) is 9.01. The van der Waals surface area contributed by atoms with Crippen molar-refractivity contribution in [2.75, 3.05) is 18.0 Å².